The molecule has 0 spiro atoms. The fraction of sp³-hybridized carbons (Fsp3) is 0.182. The van der Waals surface area contributed by atoms with E-state index in [0.717, 1.165) is 21.1 Å². The van der Waals surface area contributed by atoms with Crippen molar-refractivity contribution >= 4 is 11.3 Å². The second-order valence-electron chi connectivity index (χ2n) is 3.16. The third-order valence-electron chi connectivity index (χ3n) is 1.99. The number of halogens is 1. The first-order valence-electron chi connectivity index (χ1n) is 4.37. The SMILES string of the molecule is Cc1nc(C)c(-c2cccc(F)c2)s1. The molecule has 0 bridgehead atoms. The Morgan fingerprint density at radius 3 is 2.64 bits per heavy atom. The Balaban J connectivity index is 2.54. The highest BCUT2D eigenvalue weighted by Crippen LogP contribution is 2.29. The van der Waals surface area contributed by atoms with Crippen molar-refractivity contribution < 1.29 is 4.39 Å². The van der Waals surface area contributed by atoms with Gasteiger partial charge >= 0.3 is 0 Å². The number of benzene rings is 1. The summed E-state index contributed by atoms with van der Waals surface area (Å²) in [4.78, 5) is 5.37. The highest BCUT2D eigenvalue weighted by Gasteiger charge is 2.07. The second kappa shape index (κ2) is 3.50. The standard InChI is InChI=1S/C11H10FNS/c1-7-11(14-8(2)13-7)9-4-3-5-10(12)6-9/h3-6H,1-2H3. The fourth-order valence-electron chi connectivity index (χ4n) is 1.43. The van der Waals surface area contributed by atoms with Crippen molar-refractivity contribution in [1.29, 1.82) is 0 Å². The predicted octanol–water partition coefficient (Wildman–Crippen LogP) is 3.57. The van der Waals surface area contributed by atoms with Crippen molar-refractivity contribution in [3.05, 3.63) is 40.8 Å². The van der Waals surface area contributed by atoms with Gasteiger partial charge in [0.25, 0.3) is 0 Å². The van der Waals surface area contributed by atoms with Crippen molar-refractivity contribution in [3.63, 3.8) is 0 Å². The van der Waals surface area contributed by atoms with E-state index in [1.54, 1.807) is 23.5 Å². The molecule has 0 saturated carbocycles. The molecule has 0 fully saturated rings. The van der Waals surface area contributed by atoms with Gasteiger partial charge in [-0.15, -0.1) is 11.3 Å². The lowest BCUT2D eigenvalue weighted by Gasteiger charge is -1.97. The van der Waals surface area contributed by atoms with Crippen LogP contribution in [0.25, 0.3) is 10.4 Å². The average molecular weight is 207 g/mol. The normalized spacial score (nSPS) is 10.5. The molecule has 1 heterocycles. The van der Waals surface area contributed by atoms with Gasteiger partial charge in [-0.3, -0.25) is 0 Å². The number of aryl methyl sites for hydroxylation is 2. The van der Waals surface area contributed by atoms with Gasteiger partial charge < -0.3 is 0 Å². The van der Waals surface area contributed by atoms with E-state index in [1.807, 2.05) is 19.9 Å². The molecule has 3 heteroatoms. The average Bonchev–Trinajstić information content (AvgIpc) is 2.45. The van der Waals surface area contributed by atoms with Gasteiger partial charge in [-0.1, -0.05) is 12.1 Å². The van der Waals surface area contributed by atoms with E-state index in [-0.39, 0.29) is 5.82 Å². The fourth-order valence-corrected chi connectivity index (χ4v) is 2.35. The van der Waals surface area contributed by atoms with Gasteiger partial charge in [0.05, 0.1) is 15.6 Å². The Hall–Kier alpha value is -1.22. The summed E-state index contributed by atoms with van der Waals surface area (Å²) in [7, 11) is 0. The molecule has 1 aromatic carbocycles. The monoisotopic (exact) mass is 207 g/mol. The number of thiazole rings is 1. The molecule has 1 nitrogen and oxygen atoms in total. The summed E-state index contributed by atoms with van der Waals surface area (Å²) in [5, 5.41) is 1.02. The summed E-state index contributed by atoms with van der Waals surface area (Å²) in [6.45, 7) is 3.91. The topological polar surface area (TPSA) is 12.9 Å². The van der Waals surface area contributed by atoms with Gasteiger partial charge in [0, 0.05) is 0 Å². The largest absolute Gasteiger partial charge is 0.246 e. The highest BCUT2D eigenvalue weighted by molar-refractivity contribution is 7.15. The second-order valence-corrected chi connectivity index (χ2v) is 4.36. The van der Waals surface area contributed by atoms with Crippen molar-refractivity contribution in [2.75, 3.05) is 0 Å². The number of rotatable bonds is 1. The minimum absolute atomic E-state index is 0.201. The molecule has 0 aliphatic rings. The molecular formula is C11H10FNS. The van der Waals surface area contributed by atoms with Crippen molar-refractivity contribution in [2.24, 2.45) is 0 Å². The third kappa shape index (κ3) is 1.68. The van der Waals surface area contributed by atoms with Crippen LogP contribution in [0.15, 0.2) is 24.3 Å². The van der Waals surface area contributed by atoms with Gasteiger partial charge in [-0.05, 0) is 31.5 Å². The van der Waals surface area contributed by atoms with E-state index < -0.39 is 0 Å². The van der Waals surface area contributed by atoms with Crippen LogP contribution >= 0.6 is 11.3 Å². The molecule has 0 aliphatic heterocycles. The zero-order valence-electron chi connectivity index (χ0n) is 8.04. The van der Waals surface area contributed by atoms with Crippen LogP contribution in [-0.4, -0.2) is 4.98 Å². The maximum atomic E-state index is 13.0. The van der Waals surface area contributed by atoms with E-state index >= 15 is 0 Å². The molecule has 0 aliphatic carbocycles. The van der Waals surface area contributed by atoms with Gasteiger partial charge in [0.2, 0.25) is 0 Å². The first-order valence-corrected chi connectivity index (χ1v) is 5.18. The smallest absolute Gasteiger partial charge is 0.123 e. The van der Waals surface area contributed by atoms with E-state index in [4.69, 9.17) is 0 Å². The maximum Gasteiger partial charge on any atom is 0.123 e. The number of hydrogen-bond acceptors (Lipinski definition) is 2. The zero-order valence-corrected chi connectivity index (χ0v) is 8.86. The van der Waals surface area contributed by atoms with Crippen LogP contribution in [0.2, 0.25) is 0 Å². The summed E-state index contributed by atoms with van der Waals surface area (Å²) in [5.41, 5.74) is 1.88. The van der Waals surface area contributed by atoms with Crippen LogP contribution in [0.1, 0.15) is 10.7 Å². The quantitative estimate of drug-likeness (QED) is 0.696. The molecular weight excluding hydrogens is 197 g/mol. The van der Waals surface area contributed by atoms with Crippen LogP contribution < -0.4 is 0 Å². The Morgan fingerprint density at radius 2 is 2.07 bits per heavy atom. The summed E-state index contributed by atoms with van der Waals surface area (Å²) in [6.07, 6.45) is 0. The molecule has 0 atom stereocenters. The van der Waals surface area contributed by atoms with Gasteiger partial charge in [-0.25, -0.2) is 9.37 Å². The molecule has 0 saturated heterocycles. The number of hydrogen-bond donors (Lipinski definition) is 0. The molecule has 1 aromatic heterocycles. The zero-order chi connectivity index (χ0) is 10.1. The van der Waals surface area contributed by atoms with Crippen LogP contribution in [0.5, 0.6) is 0 Å². The molecule has 2 rings (SSSR count). The Labute approximate surface area is 86.2 Å². The summed E-state index contributed by atoms with van der Waals surface area (Å²) in [5.74, 6) is -0.201. The van der Waals surface area contributed by atoms with E-state index in [2.05, 4.69) is 4.98 Å². The first kappa shape index (κ1) is 9.34. The van der Waals surface area contributed by atoms with Crippen LogP contribution in [0.4, 0.5) is 4.39 Å². The van der Waals surface area contributed by atoms with Gasteiger partial charge in [0.1, 0.15) is 5.82 Å². The van der Waals surface area contributed by atoms with Crippen LogP contribution in [0.3, 0.4) is 0 Å². The maximum absolute atomic E-state index is 13.0. The van der Waals surface area contributed by atoms with Gasteiger partial charge in [-0.2, -0.15) is 0 Å². The first-order chi connectivity index (χ1) is 6.66. The summed E-state index contributed by atoms with van der Waals surface area (Å²) in [6, 6.07) is 6.62. The molecule has 14 heavy (non-hydrogen) atoms. The molecule has 0 unspecified atom stereocenters. The molecule has 0 N–H and O–H groups in total. The van der Waals surface area contributed by atoms with Gasteiger partial charge in [0.15, 0.2) is 0 Å². The third-order valence-corrected chi connectivity index (χ3v) is 3.11. The Morgan fingerprint density at radius 1 is 1.29 bits per heavy atom. The molecule has 72 valence electrons. The van der Waals surface area contributed by atoms with Crippen molar-refractivity contribution in [3.8, 4) is 10.4 Å². The van der Waals surface area contributed by atoms with E-state index in [1.165, 1.54) is 6.07 Å². The highest BCUT2D eigenvalue weighted by atomic mass is 32.1. The van der Waals surface area contributed by atoms with Crippen molar-refractivity contribution in [2.45, 2.75) is 13.8 Å². The summed E-state index contributed by atoms with van der Waals surface area (Å²) < 4.78 is 13.0. The van der Waals surface area contributed by atoms with Crippen molar-refractivity contribution in [1.82, 2.24) is 4.98 Å². The Kier molecular flexibility index (Phi) is 2.33. The van der Waals surface area contributed by atoms with Crippen LogP contribution in [0, 0.1) is 19.7 Å². The minimum atomic E-state index is -0.201. The van der Waals surface area contributed by atoms with E-state index in [0.29, 0.717) is 0 Å². The lowest BCUT2D eigenvalue weighted by atomic mass is 10.1. The molecule has 0 radical (unpaired) electrons. The van der Waals surface area contributed by atoms with E-state index in [9.17, 15) is 4.39 Å². The van der Waals surface area contributed by atoms with Crippen LogP contribution in [-0.2, 0) is 0 Å². The molecule has 2 aromatic rings. The Bertz CT molecular complexity index is 462. The lowest BCUT2D eigenvalue weighted by molar-refractivity contribution is 0.628. The lowest BCUT2D eigenvalue weighted by Crippen LogP contribution is -1.79. The predicted molar refractivity (Wildman–Crippen MR) is 57.0 cm³/mol. The summed E-state index contributed by atoms with van der Waals surface area (Å²) >= 11 is 1.60. The number of nitrogens with zero attached hydrogens (tertiary/aromatic N) is 1. The number of aromatic nitrogens is 1. The minimum Gasteiger partial charge on any atom is -0.246 e. The molecule has 0 amide bonds.